The zero-order valence-corrected chi connectivity index (χ0v) is 15.8. The lowest BCUT2D eigenvalue weighted by Crippen LogP contribution is -2.47. The van der Waals surface area contributed by atoms with Crippen molar-refractivity contribution < 1.29 is 9.59 Å². The Kier molecular flexibility index (Phi) is 11.0. The van der Waals surface area contributed by atoms with Crippen LogP contribution in [0.15, 0.2) is 4.99 Å². The normalized spacial score (nSPS) is 12.3. The van der Waals surface area contributed by atoms with Crippen LogP contribution in [0.5, 0.6) is 0 Å². The summed E-state index contributed by atoms with van der Waals surface area (Å²) in [6.45, 7) is 10.7. The fraction of sp³-hybridized carbons (Fsp3) is 0.824. The number of nitrogens with one attached hydrogen (secondary N) is 1. The Hall–Kier alpha value is -1.63. The highest BCUT2D eigenvalue weighted by Gasteiger charge is 2.20. The largest absolute Gasteiger partial charge is 0.370 e. The number of unbranched alkanes of at least 4 members (excludes halogenated alkanes) is 1. The molecule has 0 heterocycles. The molecule has 0 aliphatic rings. The molecule has 7 heteroatoms. The van der Waals surface area contributed by atoms with Gasteiger partial charge in [-0.05, 0) is 19.3 Å². The quantitative estimate of drug-likeness (QED) is 0.277. The van der Waals surface area contributed by atoms with Gasteiger partial charge in [-0.25, -0.2) is 0 Å². The Morgan fingerprint density at radius 2 is 1.75 bits per heavy atom. The third-order valence-corrected chi connectivity index (χ3v) is 3.70. The molecule has 24 heavy (non-hydrogen) atoms. The number of ketones is 1. The first kappa shape index (κ1) is 22.4. The van der Waals surface area contributed by atoms with Crippen molar-refractivity contribution in [3.63, 3.8) is 0 Å². The lowest BCUT2D eigenvalue weighted by atomic mass is 10.1. The summed E-state index contributed by atoms with van der Waals surface area (Å²) in [6.07, 6.45) is 2.74. The van der Waals surface area contributed by atoms with Gasteiger partial charge in [0.2, 0.25) is 5.91 Å². The average Bonchev–Trinajstić information content (AvgIpc) is 2.44. The van der Waals surface area contributed by atoms with E-state index in [4.69, 9.17) is 11.5 Å². The van der Waals surface area contributed by atoms with E-state index in [1.165, 1.54) is 6.92 Å². The van der Waals surface area contributed by atoms with Gasteiger partial charge < -0.3 is 21.7 Å². The summed E-state index contributed by atoms with van der Waals surface area (Å²) < 4.78 is 0. The fourth-order valence-electron chi connectivity index (χ4n) is 2.35. The van der Waals surface area contributed by atoms with Gasteiger partial charge in [-0.1, -0.05) is 27.7 Å². The number of hydrogen-bond acceptors (Lipinski definition) is 4. The van der Waals surface area contributed by atoms with Crippen molar-refractivity contribution in [2.45, 2.75) is 66.0 Å². The minimum atomic E-state index is -0.0694. The highest BCUT2D eigenvalue weighted by Crippen LogP contribution is 2.07. The Labute approximate surface area is 146 Å². The number of nitrogens with zero attached hydrogens (tertiary/aromatic N) is 2. The predicted molar refractivity (Wildman–Crippen MR) is 98.7 cm³/mol. The lowest BCUT2D eigenvalue weighted by molar-refractivity contribution is -0.135. The highest BCUT2D eigenvalue weighted by molar-refractivity contribution is 5.86. The number of carbonyl (C=O) groups excluding carboxylic acids is 2. The van der Waals surface area contributed by atoms with E-state index >= 15 is 0 Å². The van der Waals surface area contributed by atoms with Gasteiger partial charge in [0.25, 0.3) is 0 Å². The van der Waals surface area contributed by atoms with E-state index in [0.717, 1.165) is 19.3 Å². The molecular weight excluding hydrogens is 306 g/mol. The first-order valence-corrected chi connectivity index (χ1v) is 8.73. The topological polar surface area (TPSA) is 114 Å². The van der Waals surface area contributed by atoms with Crippen molar-refractivity contribution in [1.29, 1.82) is 0 Å². The maximum Gasteiger partial charge on any atom is 0.219 e. The molecule has 0 rings (SSSR count). The number of rotatable bonds is 12. The van der Waals surface area contributed by atoms with E-state index in [0.29, 0.717) is 19.1 Å². The summed E-state index contributed by atoms with van der Waals surface area (Å²) >= 11 is 0. The Morgan fingerprint density at radius 3 is 2.21 bits per heavy atom. The van der Waals surface area contributed by atoms with Gasteiger partial charge in [0, 0.05) is 38.0 Å². The summed E-state index contributed by atoms with van der Waals surface area (Å²) in [7, 11) is 0. The Bertz CT molecular complexity index is 417. The van der Waals surface area contributed by atoms with Gasteiger partial charge >= 0.3 is 0 Å². The Balaban J connectivity index is 4.61. The maximum absolute atomic E-state index is 12.0. The number of aliphatic imine (C=N–C) groups is 1. The summed E-state index contributed by atoms with van der Waals surface area (Å²) in [5.41, 5.74) is 10.6. The lowest BCUT2D eigenvalue weighted by Gasteiger charge is -2.29. The van der Waals surface area contributed by atoms with E-state index in [9.17, 15) is 9.59 Å². The second kappa shape index (κ2) is 11.8. The van der Waals surface area contributed by atoms with Crippen LogP contribution in [0, 0.1) is 5.92 Å². The third-order valence-electron chi connectivity index (χ3n) is 3.70. The predicted octanol–water partition coefficient (Wildman–Crippen LogP) is 0.870. The van der Waals surface area contributed by atoms with E-state index in [2.05, 4.69) is 24.2 Å². The molecule has 7 nitrogen and oxygen atoms in total. The summed E-state index contributed by atoms with van der Waals surface area (Å²) in [4.78, 5) is 29.5. The molecular formula is C17H35N5O2. The van der Waals surface area contributed by atoms with E-state index in [-0.39, 0.29) is 36.2 Å². The minimum Gasteiger partial charge on any atom is -0.370 e. The summed E-state index contributed by atoms with van der Waals surface area (Å²) in [5.74, 6) is 0.0612. The van der Waals surface area contributed by atoms with Gasteiger partial charge in [0.1, 0.15) is 0 Å². The van der Waals surface area contributed by atoms with Gasteiger partial charge in [-0.15, -0.1) is 0 Å². The van der Waals surface area contributed by atoms with Crippen molar-refractivity contribution >= 4 is 17.6 Å². The van der Waals surface area contributed by atoms with E-state index in [1.807, 2.05) is 13.8 Å². The maximum atomic E-state index is 12.0. The molecule has 0 aliphatic carbocycles. The van der Waals surface area contributed by atoms with E-state index in [1.54, 1.807) is 4.90 Å². The number of hydrogen-bond donors (Lipinski definition) is 3. The number of guanidine groups is 1. The summed E-state index contributed by atoms with van der Waals surface area (Å²) in [5, 5.41) is 3.48. The van der Waals surface area contributed by atoms with E-state index < -0.39 is 0 Å². The molecule has 0 saturated heterocycles. The van der Waals surface area contributed by atoms with Crippen molar-refractivity contribution in [1.82, 2.24) is 10.2 Å². The molecule has 0 aliphatic heterocycles. The number of Topliss-reactive ketones (excluding diaryl/α,β-unsaturated/α-hetero) is 1. The van der Waals surface area contributed by atoms with Crippen molar-refractivity contribution in [3.05, 3.63) is 0 Å². The van der Waals surface area contributed by atoms with Crippen LogP contribution in [0.3, 0.4) is 0 Å². The molecule has 0 spiro atoms. The summed E-state index contributed by atoms with van der Waals surface area (Å²) in [6, 6.07) is 0.454. The molecule has 140 valence electrons. The third kappa shape index (κ3) is 11.0. The smallest absolute Gasteiger partial charge is 0.219 e. The molecule has 0 fully saturated rings. The van der Waals surface area contributed by atoms with Crippen LogP contribution >= 0.6 is 0 Å². The average molecular weight is 342 g/mol. The number of carbonyl (C=O) groups is 2. The molecule has 0 unspecified atom stereocenters. The zero-order chi connectivity index (χ0) is 18.7. The Morgan fingerprint density at radius 1 is 1.12 bits per heavy atom. The first-order valence-electron chi connectivity index (χ1n) is 8.73. The zero-order valence-electron chi connectivity index (χ0n) is 15.8. The van der Waals surface area contributed by atoms with Crippen LogP contribution in [0.25, 0.3) is 0 Å². The van der Waals surface area contributed by atoms with Crippen molar-refractivity contribution in [2.75, 3.05) is 19.6 Å². The van der Waals surface area contributed by atoms with Gasteiger partial charge in [0.05, 0.1) is 6.54 Å². The first-order chi connectivity index (χ1) is 11.1. The standard InChI is InChI=1S/C17H35N5O2/c1-12(2)16(24)11-22(14(5)23)10-15(21-13(3)4)8-6-7-9-20-17(18)19/h12-13,15,21H,6-11H2,1-5H3,(H4,18,19,20)/t15-/m0/s1. The molecule has 0 bridgehead atoms. The van der Waals surface area contributed by atoms with Gasteiger partial charge in [-0.3, -0.25) is 14.6 Å². The second-order valence-electron chi connectivity index (χ2n) is 6.84. The molecule has 0 radical (unpaired) electrons. The van der Waals surface area contributed by atoms with Crippen LogP contribution in [0.1, 0.15) is 53.9 Å². The molecule has 0 aromatic carbocycles. The number of nitrogens with two attached hydrogens (primary N) is 2. The molecule has 0 saturated carbocycles. The highest BCUT2D eigenvalue weighted by atomic mass is 16.2. The molecule has 0 aromatic rings. The van der Waals surface area contributed by atoms with Crippen LogP contribution < -0.4 is 16.8 Å². The minimum absolute atomic E-state index is 0.0667. The van der Waals surface area contributed by atoms with Crippen LogP contribution in [-0.2, 0) is 9.59 Å². The fourth-order valence-corrected chi connectivity index (χ4v) is 2.35. The monoisotopic (exact) mass is 341 g/mol. The second-order valence-corrected chi connectivity index (χ2v) is 6.84. The number of amides is 1. The molecule has 1 atom stereocenters. The van der Waals surface area contributed by atoms with Crippen molar-refractivity contribution in [2.24, 2.45) is 22.4 Å². The van der Waals surface area contributed by atoms with Crippen molar-refractivity contribution in [3.8, 4) is 0 Å². The van der Waals surface area contributed by atoms with Crippen LogP contribution in [0.4, 0.5) is 0 Å². The van der Waals surface area contributed by atoms with Crippen LogP contribution in [0.2, 0.25) is 0 Å². The van der Waals surface area contributed by atoms with Gasteiger partial charge in [0.15, 0.2) is 11.7 Å². The molecule has 1 amide bonds. The van der Waals surface area contributed by atoms with Gasteiger partial charge in [-0.2, -0.15) is 0 Å². The SMILES string of the molecule is CC(=O)N(CC(=O)C(C)C)C[C@H](CCCCN=C(N)N)NC(C)C. The van der Waals surface area contributed by atoms with Crippen LogP contribution in [-0.4, -0.2) is 54.3 Å². The molecule has 0 aromatic heterocycles. The molecule has 5 N–H and O–H groups in total.